The van der Waals surface area contributed by atoms with Gasteiger partial charge in [-0.25, -0.2) is 9.98 Å². The molecule has 0 aliphatic heterocycles. The smallest absolute Gasteiger partial charge is 0.191 e. The number of hydrogen-bond acceptors (Lipinski definition) is 4. The van der Waals surface area contributed by atoms with Crippen molar-refractivity contribution in [1.82, 2.24) is 20.5 Å². The third-order valence-electron chi connectivity index (χ3n) is 3.28. The zero-order valence-corrected chi connectivity index (χ0v) is 14.6. The molecule has 0 saturated carbocycles. The van der Waals surface area contributed by atoms with Crippen LogP contribution in [0.5, 0.6) is 0 Å². The van der Waals surface area contributed by atoms with Gasteiger partial charge in [0.15, 0.2) is 5.96 Å². The van der Waals surface area contributed by atoms with Crippen LogP contribution in [0.25, 0.3) is 0 Å². The summed E-state index contributed by atoms with van der Waals surface area (Å²) in [5.41, 5.74) is 0. The second kappa shape index (κ2) is 10.6. The van der Waals surface area contributed by atoms with E-state index in [1.165, 1.54) is 4.88 Å². The first kappa shape index (κ1) is 17.9. The van der Waals surface area contributed by atoms with Gasteiger partial charge in [-0.1, -0.05) is 20.8 Å². The number of rotatable bonds is 9. The maximum atomic E-state index is 4.60. The molecule has 21 heavy (non-hydrogen) atoms. The lowest BCUT2D eigenvalue weighted by atomic mass is 10.4. The summed E-state index contributed by atoms with van der Waals surface area (Å²) in [5.74, 6) is 0.873. The van der Waals surface area contributed by atoms with E-state index in [1.807, 2.05) is 6.20 Å². The molecule has 0 unspecified atom stereocenters. The molecule has 0 aromatic carbocycles. The van der Waals surface area contributed by atoms with Crippen LogP contribution in [0.4, 0.5) is 0 Å². The van der Waals surface area contributed by atoms with Gasteiger partial charge in [-0.05, 0) is 26.4 Å². The van der Waals surface area contributed by atoms with Gasteiger partial charge in [0.25, 0.3) is 0 Å². The van der Waals surface area contributed by atoms with Crippen molar-refractivity contribution in [1.29, 1.82) is 0 Å². The van der Waals surface area contributed by atoms with E-state index in [0.29, 0.717) is 6.54 Å². The topological polar surface area (TPSA) is 52.6 Å². The minimum absolute atomic E-state index is 0.644. The standard InChI is InChI=1S/C15H29N5S/c1-5-13-11-18-14(21-13)12-19-15(16-6-2)17-9-10-20(7-3)8-4/h11H,5-10,12H2,1-4H3,(H2,16,17,19). The van der Waals surface area contributed by atoms with Crippen molar-refractivity contribution in [2.75, 3.05) is 32.7 Å². The molecule has 0 saturated heterocycles. The van der Waals surface area contributed by atoms with Gasteiger partial charge in [-0.3, -0.25) is 0 Å². The van der Waals surface area contributed by atoms with Crippen molar-refractivity contribution in [2.24, 2.45) is 4.99 Å². The van der Waals surface area contributed by atoms with Gasteiger partial charge in [0.05, 0.1) is 6.54 Å². The Morgan fingerprint density at radius 3 is 2.57 bits per heavy atom. The first-order valence-corrected chi connectivity index (χ1v) is 8.73. The van der Waals surface area contributed by atoms with E-state index < -0.39 is 0 Å². The Morgan fingerprint density at radius 1 is 1.24 bits per heavy atom. The quantitative estimate of drug-likeness (QED) is 0.542. The van der Waals surface area contributed by atoms with Crippen LogP contribution in [0.2, 0.25) is 0 Å². The Bertz CT molecular complexity index is 412. The molecule has 1 rings (SSSR count). The van der Waals surface area contributed by atoms with E-state index in [1.54, 1.807) is 11.3 Å². The van der Waals surface area contributed by atoms with Crippen LogP contribution in [-0.2, 0) is 13.0 Å². The molecule has 120 valence electrons. The summed E-state index contributed by atoms with van der Waals surface area (Å²) in [5, 5.41) is 7.74. The van der Waals surface area contributed by atoms with Gasteiger partial charge in [-0.15, -0.1) is 11.3 Å². The molecule has 1 heterocycles. The summed E-state index contributed by atoms with van der Waals surface area (Å²) in [7, 11) is 0. The molecule has 0 bridgehead atoms. The lowest BCUT2D eigenvalue weighted by molar-refractivity contribution is 0.308. The van der Waals surface area contributed by atoms with Gasteiger partial charge in [0.2, 0.25) is 0 Å². The predicted octanol–water partition coefficient (Wildman–Crippen LogP) is 2.10. The zero-order chi connectivity index (χ0) is 15.5. The Kier molecular flexibility index (Phi) is 9.01. The van der Waals surface area contributed by atoms with E-state index in [0.717, 1.165) is 50.1 Å². The number of nitrogens with one attached hydrogen (secondary N) is 2. The minimum atomic E-state index is 0.644. The molecular weight excluding hydrogens is 282 g/mol. The third-order valence-corrected chi connectivity index (χ3v) is 4.41. The van der Waals surface area contributed by atoms with Crippen molar-refractivity contribution in [3.8, 4) is 0 Å². The second-order valence-electron chi connectivity index (χ2n) is 4.72. The van der Waals surface area contributed by atoms with Crippen molar-refractivity contribution in [2.45, 2.75) is 40.7 Å². The molecule has 1 aromatic heterocycles. The molecule has 0 aliphatic rings. The normalized spacial score (nSPS) is 12.0. The first-order valence-electron chi connectivity index (χ1n) is 7.91. The Balaban J connectivity index is 2.45. The number of hydrogen-bond donors (Lipinski definition) is 2. The van der Waals surface area contributed by atoms with E-state index in [2.05, 4.69) is 53.2 Å². The monoisotopic (exact) mass is 311 g/mol. The van der Waals surface area contributed by atoms with Crippen LogP contribution in [0, 0.1) is 0 Å². The number of aromatic nitrogens is 1. The van der Waals surface area contributed by atoms with Crippen LogP contribution in [-0.4, -0.2) is 48.6 Å². The molecule has 6 heteroatoms. The Hall–Kier alpha value is -1.14. The van der Waals surface area contributed by atoms with Crippen LogP contribution < -0.4 is 10.6 Å². The average Bonchev–Trinajstić information content (AvgIpc) is 2.97. The SMILES string of the molecule is CCNC(=NCc1ncc(CC)s1)NCCN(CC)CC. The first-order chi connectivity index (χ1) is 10.2. The van der Waals surface area contributed by atoms with E-state index in [4.69, 9.17) is 0 Å². The van der Waals surface area contributed by atoms with E-state index in [-0.39, 0.29) is 0 Å². The van der Waals surface area contributed by atoms with Crippen LogP contribution in [0.1, 0.15) is 37.6 Å². The van der Waals surface area contributed by atoms with Crippen LogP contribution in [0.3, 0.4) is 0 Å². The van der Waals surface area contributed by atoms with Gasteiger partial charge < -0.3 is 15.5 Å². The van der Waals surface area contributed by atoms with Gasteiger partial charge >= 0.3 is 0 Å². The highest BCUT2D eigenvalue weighted by atomic mass is 32.1. The minimum Gasteiger partial charge on any atom is -0.357 e. The highest BCUT2D eigenvalue weighted by Gasteiger charge is 2.03. The summed E-state index contributed by atoms with van der Waals surface area (Å²) in [6.45, 7) is 14.3. The molecule has 0 aliphatic carbocycles. The van der Waals surface area contributed by atoms with Crippen molar-refractivity contribution in [3.63, 3.8) is 0 Å². The van der Waals surface area contributed by atoms with Gasteiger partial charge in [0, 0.05) is 30.7 Å². The predicted molar refractivity (Wildman–Crippen MR) is 92.1 cm³/mol. The largest absolute Gasteiger partial charge is 0.357 e. The van der Waals surface area contributed by atoms with Gasteiger partial charge in [-0.2, -0.15) is 0 Å². The number of aryl methyl sites for hydroxylation is 1. The summed E-state index contributed by atoms with van der Waals surface area (Å²) in [6, 6.07) is 0. The fourth-order valence-electron chi connectivity index (χ4n) is 1.95. The lowest BCUT2D eigenvalue weighted by Crippen LogP contribution is -2.41. The van der Waals surface area contributed by atoms with E-state index >= 15 is 0 Å². The molecular formula is C15H29N5S. The number of thiazole rings is 1. The Morgan fingerprint density at radius 2 is 2.00 bits per heavy atom. The molecule has 0 spiro atoms. The van der Waals surface area contributed by atoms with Crippen molar-refractivity contribution < 1.29 is 0 Å². The molecule has 5 nitrogen and oxygen atoms in total. The number of aliphatic imine (C=N–C) groups is 1. The fourth-order valence-corrected chi connectivity index (χ4v) is 2.73. The summed E-state index contributed by atoms with van der Waals surface area (Å²) < 4.78 is 0. The average molecular weight is 311 g/mol. The Labute approximate surface area is 132 Å². The summed E-state index contributed by atoms with van der Waals surface area (Å²) in [4.78, 5) is 12.7. The maximum absolute atomic E-state index is 4.60. The van der Waals surface area contributed by atoms with Gasteiger partial charge in [0.1, 0.15) is 5.01 Å². The summed E-state index contributed by atoms with van der Waals surface area (Å²) in [6.07, 6.45) is 3.00. The van der Waals surface area contributed by atoms with Crippen molar-refractivity contribution >= 4 is 17.3 Å². The summed E-state index contributed by atoms with van der Waals surface area (Å²) >= 11 is 1.75. The molecule has 1 aromatic rings. The molecule has 2 N–H and O–H groups in total. The molecule has 0 radical (unpaired) electrons. The number of likely N-dealkylation sites (N-methyl/N-ethyl adjacent to an activating group) is 1. The lowest BCUT2D eigenvalue weighted by Gasteiger charge is -2.19. The van der Waals surface area contributed by atoms with E-state index in [9.17, 15) is 0 Å². The second-order valence-corrected chi connectivity index (χ2v) is 5.92. The maximum Gasteiger partial charge on any atom is 0.191 e. The molecule has 0 atom stereocenters. The highest BCUT2D eigenvalue weighted by Crippen LogP contribution is 2.13. The number of nitrogens with zero attached hydrogens (tertiary/aromatic N) is 3. The zero-order valence-electron chi connectivity index (χ0n) is 13.8. The van der Waals surface area contributed by atoms with Crippen molar-refractivity contribution in [3.05, 3.63) is 16.1 Å². The fraction of sp³-hybridized carbons (Fsp3) is 0.733. The highest BCUT2D eigenvalue weighted by molar-refractivity contribution is 7.11. The molecule has 0 fully saturated rings. The van der Waals surface area contributed by atoms with Crippen LogP contribution >= 0.6 is 11.3 Å². The molecule has 0 amide bonds. The third kappa shape index (κ3) is 6.91. The van der Waals surface area contributed by atoms with Crippen LogP contribution in [0.15, 0.2) is 11.2 Å². The number of guanidine groups is 1.